The van der Waals surface area contributed by atoms with Crippen molar-refractivity contribution in [3.8, 4) is 0 Å². The molecule has 0 aromatic heterocycles. The van der Waals surface area contributed by atoms with Gasteiger partial charge in [0.25, 0.3) is 0 Å². The van der Waals surface area contributed by atoms with Gasteiger partial charge in [0.05, 0.1) is 6.10 Å². The van der Waals surface area contributed by atoms with Crippen molar-refractivity contribution in [2.45, 2.75) is 71.0 Å². The van der Waals surface area contributed by atoms with Gasteiger partial charge in [-0.1, -0.05) is 25.5 Å². The van der Waals surface area contributed by atoms with Gasteiger partial charge in [0.1, 0.15) is 6.10 Å². The summed E-state index contributed by atoms with van der Waals surface area (Å²) < 4.78 is 0. The Morgan fingerprint density at radius 1 is 1.09 bits per heavy atom. The maximum atomic E-state index is 12.1. The predicted octanol–water partition coefficient (Wildman–Crippen LogP) is 2.85. The normalized spacial score (nSPS) is 54.3. The monoisotopic (exact) mass is 304 g/mol. The van der Waals surface area contributed by atoms with Crippen LogP contribution < -0.4 is 0 Å². The van der Waals surface area contributed by atoms with Crippen LogP contribution in [-0.4, -0.2) is 28.2 Å². The van der Waals surface area contributed by atoms with Crippen molar-refractivity contribution in [2.24, 2.45) is 28.6 Å². The Labute approximate surface area is 132 Å². The summed E-state index contributed by atoms with van der Waals surface area (Å²) in [7, 11) is 0. The van der Waals surface area contributed by atoms with Crippen molar-refractivity contribution < 1.29 is 15.0 Å². The van der Waals surface area contributed by atoms with E-state index in [2.05, 4.69) is 19.9 Å². The number of allylic oxidation sites excluding steroid dienone is 1. The summed E-state index contributed by atoms with van der Waals surface area (Å²) in [5.41, 5.74) is 1.47. The van der Waals surface area contributed by atoms with Crippen molar-refractivity contribution in [1.29, 1.82) is 0 Å². The molecule has 0 spiro atoms. The molecule has 2 N–H and O–H groups in total. The van der Waals surface area contributed by atoms with Gasteiger partial charge >= 0.3 is 0 Å². The third-order valence-electron chi connectivity index (χ3n) is 7.87. The Hall–Kier alpha value is -0.670. The average Bonchev–Trinajstić information content (AvgIpc) is 2.72. The zero-order chi connectivity index (χ0) is 15.7. The highest BCUT2D eigenvalue weighted by molar-refractivity contribution is 5.86. The van der Waals surface area contributed by atoms with Gasteiger partial charge in [-0.25, -0.2) is 0 Å². The van der Waals surface area contributed by atoms with Crippen LogP contribution in [0.1, 0.15) is 58.8 Å². The van der Waals surface area contributed by atoms with Crippen LogP contribution in [0.25, 0.3) is 0 Å². The van der Waals surface area contributed by atoms with Crippen molar-refractivity contribution >= 4 is 5.78 Å². The molecule has 0 aliphatic heterocycles. The summed E-state index contributed by atoms with van der Waals surface area (Å²) in [5, 5.41) is 20.4. The molecule has 4 aliphatic carbocycles. The Balaban J connectivity index is 1.70. The van der Waals surface area contributed by atoms with Crippen LogP contribution in [0.5, 0.6) is 0 Å². The molecule has 0 aromatic rings. The number of aliphatic hydroxyl groups is 2. The minimum Gasteiger partial charge on any atom is -0.393 e. The summed E-state index contributed by atoms with van der Waals surface area (Å²) >= 11 is 0. The number of hydrogen-bond donors (Lipinski definition) is 2. The van der Waals surface area contributed by atoms with Crippen molar-refractivity contribution in [3.05, 3.63) is 11.6 Å². The van der Waals surface area contributed by atoms with Gasteiger partial charge < -0.3 is 10.2 Å². The SMILES string of the molecule is C[C@]12CC[C@H](O)CC1=CC[C@H]1C3CC(=O)[C@H](O)[C@@]3(C)CC[C@@H]12. The Kier molecular flexibility index (Phi) is 3.16. The number of carbonyl (C=O) groups excluding carboxylic acids is 1. The summed E-state index contributed by atoms with van der Waals surface area (Å²) in [6, 6.07) is 0. The van der Waals surface area contributed by atoms with E-state index in [-0.39, 0.29) is 22.7 Å². The number of aliphatic hydroxyl groups excluding tert-OH is 2. The minimum absolute atomic E-state index is 0.0622. The van der Waals surface area contributed by atoms with Crippen LogP contribution in [0.15, 0.2) is 11.6 Å². The fourth-order valence-electron chi connectivity index (χ4n) is 6.41. The summed E-state index contributed by atoms with van der Waals surface area (Å²) in [5.74, 6) is 1.56. The lowest BCUT2D eigenvalue weighted by atomic mass is 9.48. The molecule has 3 saturated carbocycles. The topological polar surface area (TPSA) is 57.5 Å². The quantitative estimate of drug-likeness (QED) is 0.677. The number of ketones is 1. The van der Waals surface area contributed by atoms with E-state index in [1.54, 1.807) is 0 Å². The molecule has 0 amide bonds. The van der Waals surface area contributed by atoms with Crippen LogP contribution in [-0.2, 0) is 4.79 Å². The van der Waals surface area contributed by atoms with Crippen LogP contribution in [0.2, 0.25) is 0 Å². The number of fused-ring (bicyclic) bond motifs is 5. The molecule has 0 aromatic carbocycles. The lowest BCUT2D eigenvalue weighted by Crippen LogP contribution is -2.51. The second-order valence-electron chi connectivity index (χ2n) is 8.77. The molecule has 0 radical (unpaired) electrons. The standard InChI is InChI=1S/C19H28O3/c1-18-7-5-12(20)9-11(18)3-4-13-14(18)6-8-19(2)15(13)10-16(21)17(19)22/h3,12-15,17,20,22H,4-10H2,1-2H3/t12-,13+,14-,15?,17-,18-,19-/m0/s1. The number of hydrogen-bond acceptors (Lipinski definition) is 3. The summed E-state index contributed by atoms with van der Waals surface area (Å²) in [4.78, 5) is 12.1. The molecule has 4 aliphatic rings. The molecule has 4 rings (SSSR count). The zero-order valence-electron chi connectivity index (χ0n) is 13.7. The van der Waals surface area contributed by atoms with Crippen molar-refractivity contribution in [1.82, 2.24) is 0 Å². The van der Waals surface area contributed by atoms with E-state index in [4.69, 9.17) is 0 Å². The van der Waals surface area contributed by atoms with Gasteiger partial charge in [-0.2, -0.15) is 0 Å². The predicted molar refractivity (Wildman–Crippen MR) is 84.1 cm³/mol. The third-order valence-corrected chi connectivity index (χ3v) is 7.87. The molecular weight excluding hydrogens is 276 g/mol. The Morgan fingerprint density at radius 2 is 1.86 bits per heavy atom. The van der Waals surface area contributed by atoms with Crippen LogP contribution in [0, 0.1) is 28.6 Å². The number of Topliss-reactive ketones (excluding diaryl/α,β-unsaturated/α-hetero) is 1. The molecule has 122 valence electrons. The molecule has 3 nitrogen and oxygen atoms in total. The summed E-state index contributed by atoms with van der Waals surface area (Å²) in [6.07, 6.45) is 7.95. The van der Waals surface area contributed by atoms with Gasteiger partial charge in [-0.15, -0.1) is 0 Å². The zero-order valence-corrected chi connectivity index (χ0v) is 13.7. The maximum absolute atomic E-state index is 12.1. The largest absolute Gasteiger partial charge is 0.393 e. The van der Waals surface area contributed by atoms with Gasteiger partial charge in [0, 0.05) is 11.8 Å². The smallest absolute Gasteiger partial charge is 0.162 e. The fraction of sp³-hybridized carbons (Fsp3) is 0.842. The highest BCUT2D eigenvalue weighted by Gasteiger charge is 2.60. The maximum Gasteiger partial charge on any atom is 0.162 e. The van der Waals surface area contributed by atoms with Gasteiger partial charge in [0.2, 0.25) is 0 Å². The van der Waals surface area contributed by atoms with Gasteiger partial charge in [0.15, 0.2) is 5.78 Å². The van der Waals surface area contributed by atoms with Crippen LogP contribution in [0.4, 0.5) is 0 Å². The van der Waals surface area contributed by atoms with E-state index in [1.807, 2.05) is 0 Å². The highest BCUT2D eigenvalue weighted by atomic mass is 16.3. The molecule has 7 atom stereocenters. The van der Waals surface area contributed by atoms with E-state index >= 15 is 0 Å². The van der Waals surface area contributed by atoms with E-state index < -0.39 is 6.10 Å². The lowest BCUT2D eigenvalue weighted by molar-refractivity contribution is -0.128. The third kappa shape index (κ3) is 1.78. The van der Waals surface area contributed by atoms with E-state index in [1.165, 1.54) is 5.57 Å². The molecule has 3 heteroatoms. The van der Waals surface area contributed by atoms with Gasteiger partial charge in [-0.3, -0.25) is 4.79 Å². The summed E-state index contributed by atoms with van der Waals surface area (Å²) in [6.45, 7) is 4.52. The minimum atomic E-state index is -0.746. The first-order valence-corrected chi connectivity index (χ1v) is 8.94. The molecule has 0 heterocycles. The van der Waals surface area contributed by atoms with Crippen LogP contribution >= 0.6 is 0 Å². The molecule has 22 heavy (non-hydrogen) atoms. The Morgan fingerprint density at radius 3 is 2.64 bits per heavy atom. The van der Waals surface area contributed by atoms with Gasteiger partial charge in [-0.05, 0) is 61.7 Å². The van der Waals surface area contributed by atoms with Crippen molar-refractivity contribution in [2.75, 3.05) is 0 Å². The molecule has 3 fully saturated rings. The molecule has 0 saturated heterocycles. The van der Waals surface area contributed by atoms with E-state index in [0.29, 0.717) is 24.2 Å². The first-order valence-electron chi connectivity index (χ1n) is 8.94. The highest BCUT2D eigenvalue weighted by Crippen LogP contribution is 2.64. The Bertz CT molecular complexity index is 539. The van der Waals surface area contributed by atoms with Crippen molar-refractivity contribution in [3.63, 3.8) is 0 Å². The van der Waals surface area contributed by atoms with Crippen LogP contribution in [0.3, 0.4) is 0 Å². The molecule has 1 unspecified atom stereocenters. The number of rotatable bonds is 0. The second kappa shape index (κ2) is 4.67. The second-order valence-corrected chi connectivity index (χ2v) is 8.77. The fourth-order valence-corrected chi connectivity index (χ4v) is 6.41. The molecular formula is C19H28O3. The van der Waals surface area contributed by atoms with E-state index in [0.717, 1.165) is 38.5 Å². The molecule has 0 bridgehead atoms. The lowest BCUT2D eigenvalue weighted by Gasteiger charge is -2.57. The first kappa shape index (κ1) is 14.9. The van der Waals surface area contributed by atoms with E-state index in [9.17, 15) is 15.0 Å². The first-order chi connectivity index (χ1) is 10.4. The average molecular weight is 304 g/mol. The number of carbonyl (C=O) groups is 1.